The highest BCUT2D eigenvalue weighted by Gasteiger charge is 2.33. The van der Waals surface area contributed by atoms with Gasteiger partial charge in [-0.25, -0.2) is 4.98 Å². The van der Waals surface area contributed by atoms with E-state index in [0.29, 0.717) is 37.1 Å². The number of halogens is 3. The van der Waals surface area contributed by atoms with Crippen molar-refractivity contribution in [3.05, 3.63) is 45.9 Å². The molecular weight excluding hydrogens is 377 g/mol. The van der Waals surface area contributed by atoms with Crippen molar-refractivity contribution >= 4 is 17.3 Å². The Bertz CT molecular complexity index is 746. The number of para-hydroxylation sites is 1. The Balaban J connectivity index is 1.76. The first kappa shape index (κ1) is 21.0. The predicted molar refractivity (Wildman–Crippen MR) is 101 cm³/mol. The molecule has 2 rings (SSSR count). The number of aliphatic imine (C=N–C) groups is 1. The number of rotatable bonds is 8. The Morgan fingerprint density at radius 2 is 1.89 bits per heavy atom. The first-order valence-electron chi connectivity index (χ1n) is 8.60. The fourth-order valence-corrected chi connectivity index (χ4v) is 3.19. The summed E-state index contributed by atoms with van der Waals surface area (Å²) in [5, 5.41) is 7.75. The highest BCUT2D eigenvalue weighted by molar-refractivity contribution is 7.09. The van der Waals surface area contributed by atoms with Crippen LogP contribution in [0, 0.1) is 0 Å². The van der Waals surface area contributed by atoms with Gasteiger partial charge in [-0.3, -0.25) is 4.99 Å². The largest absolute Gasteiger partial charge is 0.494 e. The number of benzene rings is 1. The first-order valence-corrected chi connectivity index (χ1v) is 9.48. The molecule has 0 atom stereocenters. The number of hydrogen-bond acceptors (Lipinski definition) is 4. The molecule has 2 aromatic rings. The summed E-state index contributed by atoms with van der Waals surface area (Å²) in [7, 11) is 1.65. The Hall–Kier alpha value is -2.29. The van der Waals surface area contributed by atoms with Crippen LogP contribution in [0.25, 0.3) is 0 Å². The number of aromatic nitrogens is 1. The van der Waals surface area contributed by atoms with Crippen LogP contribution in [0.3, 0.4) is 0 Å². The minimum atomic E-state index is -4.39. The average molecular weight is 400 g/mol. The van der Waals surface area contributed by atoms with E-state index in [1.54, 1.807) is 7.05 Å². The van der Waals surface area contributed by atoms with E-state index in [0.717, 1.165) is 34.5 Å². The van der Waals surface area contributed by atoms with Gasteiger partial charge in [0.1, 0.15) is 5.75 Å². The van der Waals surface area contributed by atoms with E-state index >= 15 is 0 Å². The monoisotopic (exact) mass is 400 g/mol. The summed E-state index contributed by atoms with van der Waals surface area (Å²) in [5.74, 6) is 1.46. The molecule has 2 N–H and O–H groups in total. The Morgan fingerprint density at radius 3 is 2.52 bits per heavy atom. The number of ether oxygens (including phenoxy) is 1. The number of thiazole rings is 1. The van der Waals surface area contributed by atoms with E-state index in [1.807, 2.05) is 31.2 Å². The second-order valence-electron chi connectivity index (χ2n) is 5.59. The van der Waals surface area contributed by atoms with Crippen molar-refractivity contribution in [3.8, 4) is 5.75 Å². The quantitative estimate of drug-likeness (QED) is 0.526. The molecule has 9 heteroatoms. The van der Waals surface area contributed by atoms with Crippen LogP contribution in [-0.2, 0) is 19.0 Å². The topological polar surface area (TPSA) is 58.5 Å². The molecule has 0 radical (unpaired) electrons. The minimum Gasteiger partial charge on any atom is -0.494 e. The number of hydrogen-bond donors (Lipinski definition) is 2. The maximum Gasteiger partial charge on any atom is 0.434 e. The molecule has 0 aliphatic rings. The third-order valence-corrected chi connectivity index (χ3v) is 4.56. The molecule has 0 saturated heterocycles. The average Bonchev–Trinajstić information content (AvgIpc) is 3.11. The SMILES string of the molecule is CCOc1ccccc1CCNC(=NC)NCCc1nc(C(F)(F)F)cs1. The fourth-order valence-electron chi connectivity index (χ4n) is 2.39. The van der Waals surface area contributed by atoms with Gasteiger partial charge < -0.3 is 15.4 Å². The molecule has 1 aromatic carbocycles. The molecule has 0 bridgehead atoms. The van der Waals surface area contributed by atoms with Crippen LogP contribution >= 0.6 is 11.3 Å². The number of alkyl halides is 3. The maximum atomic E-state index is 12.6. The van der Waals surface area contributed by atoms with Gasteiger partial charge in [-0.2, -0.15) is 13.2 Å². The standard InChI is InChI=1S/C18H23F3N4OS/c1-3-26-14-7-5-4-6-13(14)8-10-23-17(22-2)24-11-9-16-25-15(12-27-16)18(19,20)21/h4-7,12H,3,8-11H2,1-2H3,(H2,22,23,24). The number of guanidine groups is 1. The van der Waals surface area contributed by atoms with E-state index in [1.165, 1.54) is 0 Å². The highest BCUT2D eigenvalue weighted by Crippen LogP contribution is 2.30. The molecule has 0 amide bonds. The number of nitrogens with one attached hydrogen (secondary N) is 2. The molecule has 1 aromatic heterocycles. The van der Waals surface area contributed by atoms with Crippen molar-refractivity contribution in [2.24, 2.45) is 4.99 Å². The van der Waals surface area contributed by atoms with E-state index in [9.17, 15) is 13.2 Å². The summed E-state index contributed by atoms with van der Waals surface area (Å²) < 4.78 is 43.3. The van der Waals surface area contributed by atoms with E-state index in [4.69, 9.17) is 4.74 Å². The first-order chi connectivity index (χ1) is 12.9. The molecule has 0 aliphatic heterocycles. The van der Waals surface area contributed by atoms with Crippen molar-refractivity contribution in [1.82, 2.24) is 15.6 Å². The molecule has 0 unspecified atom stereocenters. The second kappa shape index (κ2) is 10.1. The van der Waals surface area contributed by atoms with Gasteiger partial charge in [0.25, 0.3) is 0 Å². The molecule has 0 fully saturated rings. The lowest BCUT2D eigenvalue weighted by molar-refractivity contribution is -0.140. The van der Waals surface area contributed by atoms with Crippen LogP contribution in [0.2, 0.25) is 0 Å². The molecule has 0 spiro atoms. The Kier molecular flexibility index (Phi) is 7.90. The van der Waals surface area contributed by atoms with Crippen LogP contribution in [0.1, 0.15) is 23.2 Å². The third-order valence-electron chi connectivity index (χ3n) is 3.66. The molecule has 5 nitrogen and oxygen atoms in total. The van der Waals surface area contributed by atoms with Crippen LogP contribution in [0.5, 0.6) is 5.75 Å². The molecule has 0 aliphatic carbocycles. The fraction of sp³-hybridized carbons (Fsp3) is 0.444. The van der Waals surface area contributed by atoms with E-state index in [2.05, 4.69) is 20.6 Å². The van der Waals surface area contributed by atoms with Crippen LogP contribution in [0.15, 0.2) is 34.6 Å². The van der Waals surface area contributed by atoms with Crippen molar-refractivity contribution in [1.29, 1.82) is 0 Å². The summed E-state index contributed by atoms with van der Waals surface area (Å²) in [6.07, 6.45) is -3.23. The highest BCUT2D eigenvalue weighted by atomic mass is 32.1. The lowest BCUT2D eigenvalue weighted by Gasteiger charge is -2.13. The Morgan fingerprint density at radius 1 is 1.19 bits per heavy atom. The second-order valence-corrected chi connectivity index (χ2v) is 6.53. The van der Waals surface area contributed by atoms with Gasteiger partial charge in [0.15, 0.2) is 11.7 Å². The summed E-state index contributed by atoms with van der Waals surface area (Å²) in [4.78, 5) is 7.73. The van der Waals surface area contributed by atoms with Gasteiger partial charge >= 0.3 is 6.18 Å². The van der Waals surface area contributed by atoms with Gasteiger partial charge in [0.05, 0.1) is 11.6 Å². The maximum absolute atomic E-state index is 12.6. The summed E-state index contributed by atoms with van der Waals surface area (Å²) >= 11 is 1.01. The lowest BCUT2D eigenvalue weighted by Crippen LogP contribution is -2.39. The molecule has 1 heterocycles. The molecule has 148 valence electrons. The minimum absolute atomic E-state index is 0.397. The number of nitrogens with zero attached hydrogens (tertiary/aromatic N) is 2. The van der Waals surface area contributed by atoms with Crippen LogP contribution in [-0.4, -0.2) is 37.7 Å². The smallest absolute Gasteiger partial charge is 0.434 e. The summed E-state index contributed by atoms with van der Waals surface area (Å²) in [5.41, 5.74) is 0.266. The van der Waals surface area contributed by atoms with Crippen molar-refractivity contribution in [3.63, 3.8) is 0 Å². The lowest BCUT2D eigenvalue weighted by atomic mass is 10.1. The van der Waals surface area contributed by atoms with Gasteiger partial charge in [0, 0.05) is 31.9 Å². The zero-order valence-corrected chi connectivity index (χ0v) is 16.1. The van der Waals surface area contributed by atoms with Gasteiger partial charge in [-0.1, -0.05) is 18.2 Å². The zero-order valence-electron chi connectivity index (χ0n) is 15.3. The van der Waals surface area contributed by atoms with Gasteiger partial charge in [-0.15, -0.1) is 11.3 Å². The molecule has 0 saturated carbocycles. The van der Waals surface area contributed by atoms with Crippen LogP contribution in [0.4, 0.5) is 13.2 Å². The molecule has 27 heavy (non-hydrogen) atoms. The normalized spacial score (nSPS) is 12.1. The van der Waals surface area contributed by atoms with E-state index in [-0.39, 0.29) is 0 Å². The van der Waals surface area contributed by atoms with Crippen LogP contribution < -0.4 is 15.4 Å². The van der Waals surface area contributed by atoms with Crippen molar-refractivity contribution in [2.75, 3.05) is 26.7 Å². The Labute approximate surface area is 160 Å². The van der Waals surface area contributed by atoms with Gasteiger partial charge in [-0.05, 0) is 25.0 Å². The summed E-state index contributed by atoms with van der Waals surface area (Å²) in [6, 6.07) is 7.86. The zero-order chi connectivity index (χ0) is 19.7. The van der Waals surface area contributed by atoms with Crippen molar-refractivity contribution in [2.45, 2.75) is 25.9 Å². The van der Waals surface area contributed by atoms with E-state index < -0.39 is 11.9 Å². The predicted octanol–water partition coefficient (Wildman–Crippen LogP) is 3.51. The van der Waals surface area contributed by atoms with Crippen molar-refractivity contribution < 1.29 is 17.9 Å². The summed E-state index contributed by atoms with van der Waals surface area (Å²) in [6.45, 7) is 3.65. The molecular formula is C18H23F3N4OS. The third kappa shape index (κ3) is 6.74. The van der Waals surface area contributed by atoms with Gasteiger partial charge in [0.2, 0.25) is 0 Å².